The summed E-state index contributed by atoms with van der Waals surface area (Å²) >= 11 is 1.25. The Bertz CT molecular complexity index is 1240. The van der Waals surface area contributed by atoms with E-state index in [-0.39, 0.29) is 24.3 Å². The van der Waals surface area contributed by atoms with Crippen LogP contribution in [0.1, 0.15) is 27.2 Å². The molecule has 3 heterocycles. The number of nitrogens with one attached hydrogen (secondary N) is 2. The van der Waals surface area contributed by atoms with Crippen LogP contribution in [0.15, 0.2) is 41.8 Å². The summed E-state index contributed by atoms with van der Waals surface area (Å²) in [5, 5.41) is 16.5. The first-order valence-corrected chi connectivity index (χ1v) is 10.5. The second-order valence-corrected chi connectivity index (χ2v) is 8.07. The molecule has 3 aromatic rings. The van der Waals surface area contributed by atoms with Gasteiger partial charge in [0.1, 0.15) is 11.8 Å². The summed E-state index contributed by atoms with van der Waals surface area (Å²) in [6.07, 6.45) is 0. The van der Waals surface area contributed by atoms with Gasteiger partial charge in [-0.3, -0.25) is 14.6 Å². The van der Waals surface area contributed by atoms with Crippen molar-refractivity contribution in [3.63, 3.8) is 0 Å². The highest BCUT2D eigenvalue weighted by Crippen LogP contribution is 2.34. The third kappa shape index (κ3) is 4.49. The van der Waals surface area contributed by atoms with Crippen molar-refractivity contribution in [3.8, 4) is 17.5 Å². The predicted octanol–water partition coefficient (Wildman–Crippen LogP) is 3.10. The van der Waals surface area contributed by atoms with E-state index in [4.69, 9.17) is 10.00 Å². The van der Waals surface area contributed by atoms with Crippen molar-refractivity contribution in [2.45, 2.75) is 19.2 Å². The molecule has 2 N–H and O–H groups in total. The highest BCUT2D eigenvalue weighted by Gasteiger charge is 2.38. The third-order valence-electron chi connectivity index (χ3n) is 4.85. The number of carbonyl (C=O) groups is 2. The molecule has 4 rings (SSSR count). The van der Waals surface area contributed by atoms with E-state index in [1.807, 2.05) is 25.1 Å². The predicted molar refractivity (Wildman–Crippen MR) is 116 cm³/mol. The van der Waals surface area contributed by atoms with Gasteiger partial charge < -0.3 is 15.4 Å². The van der Waals surface area contributed by atoms with Crippen molar-refractivity contribution in [1.29, 1.82) is 5.26 Å². The molecule has 1 atom stereocenters. The van der Waals surface area contributed by atoms with Crippen LogP contribution in [0.4, 0.5) is 9.52 Å². The van der Waals surface area contributed by atoms with Crippen LogP contribution < -0.4 is 10.6 Å². The number of fused-ring (bicyclic) bond motifs is 1. The molecule has 0 fully saturated rings. The second-order valence-electron chi connectivity index (χ2n) is 7.21. The van der Waals surface area contributed by atoms with E-state index in [9.17, 15) is 14.0 Å². The summed E-state index contributed by atoms with van der Waals surface area (Å²) in [5.41, 5.74) is 0.671. The first-order chi connectivity index (χ1) is 15.4. The topological polar surface area (TPSA) is 117 Å². The molecule has 10 heteroatoms. The van der Waals surface area contributed by atoms with Crippen LogP contribution in [0.2, 0.25) is 0 Å². The number of nitriles is 1. The van der Waals surface area contributed by atoms with Gasteiger partial charge in [0.05, 0.1) is 25.5 Å². The molecule has 0 saturated carbocycles. The van der Waals surface area contributed by atoms with E-state index in [1.54, 1.807) is 17.5 Å². The Morgan fingerprint density at radius 2 is 2.12 bits per heavy atom. The SMILES string of the molecule is Cc1cccc(-c2csc(NC(=O)CNC(=O)c3ccc4c(c3)C(F)(C#N)COC4)n2)n1. The lowest BCUT2D eigenvalue weighted by Gasteiger charge is -2.26. The van der Waals surface area contributed by atoms with Crippen LogP contribution in [-0.2, 0) is 21.8 Å². The van der Waals surface area contributed by atoms with Crippen molar-refractivity contribution in [3.05, 3.63) is 64.2 Å². The minimum absolute atomic E-state index is 0.114. The molecule has 0 spiro atoms. The standard InChI is InChI=1S/C22H18FN5O3S/c1-13-3-2-4-17(26-13)18-10-32-21(27-18)28-19(29)8-25-20(30)14-5-6-15-9-31-12-22(23,11-24)16(15)7-14/h2-7,10H,8-9,12H2,1H3,(H,25,30)(H,27,28,29). The second kappa shape index (κ2) is 8.82. The zero-order valence-electron chi connectivity index (χ0n) is 17.0. The fourth-order valence-electron chi connectivity index (χ4n) is 3.24. The van der Waals surface area contributed by atoms with Crippen LogP contribution in [-0.4, -0.2) is 34.9 Å². The van der Waals surface area contributed by atoms with Gasteiger partial charge in [-0.25, -0.2) is 9.37 Å². The molecular formula is C22H18FN5O3S. The molecule has 2 amide bonds. The molecule has 1 unspecified atom stereocenters. The summed E-state index contributed by atoms with van der Waals surface area (Å²) < 4.78 is 19.9. The highest BCUT2D eigenvalue weighted by atomic mass is 32.1. The van der Waals surface area contributed by atoms with E-state index in [2.05, 4.69) is 20.6 Å². The molecule has 1 aliphatic rings. The maximum Gasteiger partial charge on any atom is 0.251 e. The lowest BCUT2D eigenvalue weighted by Crippen LogP contribution is -2.34. The number of aryl methyl sites for hydroxylation is 1. The molecule has 8 nitrogen and oxygen atoms in total. The molecule has 0 radical (unpaired) electrons. The van der Waals surface area contributed by atoms with Gasteiger partial charge in [0.2, 0.25) is 11.6 Å². The minimum atomic E-state index is -2.31. The highest BCUT2D eigenvalue weighted by molar-refractivity contribution is 7.14. The molecule has 1 aliphatic heterocycles. The Labute approximate surface area is 187 Å². The molecule has 1 aromatic carbocycles. The first-order valence-electron chi connectivity index (χ1n) is 9.67. The zero-order chi connectivity index (χ0) is 22.7. The number of halogens is 1. The average molecular weight is 451 g/mol. The fraction of sp³-hybridized carbons (Fsp3) is 0.227. The smallest absolute Gasteiger partial charge is 0.251 e. The molecule has 2 aromatic heterocycles. The molecule has 32 heavy (non-hydrogen) atoms. The zero-order valence-corrected chi connectivity index (χ0v) is 17.8. The van der Waals surface area contributed by atoms with Crippen molar-refractivity contribution < 1.29 is 18.7 Å². The number of rotatable bonds is 5. The average Bonchev–Trinajstić information content (AvgIpc) is 3.26. The van der Waals surface area contributed by atoms with E-state index in [0.717, 1.165) is 5.69 Å². The van der Waals surface area contributed by atoms with Gasteiger partial charge in [-0.1, -0.05) is 12.1 Å². The van der Waals surface area contributed by atoms with E-state index in [0.29, 0.717) is 22.1 Å². The van der Waals surface area contributed by atoms with Crippen LogP contribution >= 0.6 is 11.3 Å². The number of hydrogen-bond acceptors (Lipinski definition) is 7. The molecule has 162 valence electrons. The Balaban J connectivity index is 1.37. The van der Waals surface area contributed by atoms with E-state index in [1.165, 1.54) is 23.5 Å². The number of thiazole rings is 1. The minimum Gasteiger partial charge on any atom is -0.372 e. The number of hydrogen-bond donors (Lipinski definition) is 2. The Morgan fingerprint density at radius 3 is 2.91 bits per heavy atom. The maximum atomic E-state index is 14.7. The summed E-state index contributed by atoms with van der Waals surface area (Å²) in [7, 11) is 0. The number of pyridine rings is 1. The molecule has 0 saturated heterocycles. The number of alkyl halides is 1. The van der Waals surface area contributed by atoms with Crippen molar-refractivity contribution in [2.75, 3.05) is 18.5 Å². The lowest BCUT2D eigenvalue weighted by atomic mass is 9.89. The summed E-state index contributed by atoms with van der Waals surface area (Å²) in [6, 6.07) is 11.6. The van der Waals surface area contributed by atoms with Gasteiger partial charge in [0, 0.05) is 22.2 Å². The van der Waals surface area contributed by atoms with Crippen LogP contribution in [0.25, 0.3) is 11.4 Å². The number of amides is 2. The fourth-order valence-corrected chi connectivity index (χ4v) is 3.97. The van der Waals surface area contributed by atoms with Crippen LogP contribution in [0.5, 0.6) is 0 Å². The van der Waals surface area contributed by atoms with Gasteiger partial charge in [0.15, 0.2) is 5.13 Å². The van der Waals surface area contributed by atoms with Gasteiger partial charge in [0.25, 0.3) is 5.91 Å². The largest absolute Gasteiger partial charge is 0.372 e. The molecular weight excluding hydrogens is 433 g/mol. The third-order valence-corrected chi connectivity index (χ3v) is 5.60. The summed E-state index contributed by atoms with van der Waals surface area (Å²) in [5.74, 6) is -1.02. The van der Waals surface area contributed by atoms with Gasteiger partial charge in [-0.15, -0.1) is 11.3 Å². The number of nitrogens with zero attached hydrogens (tertiary/aromatic N) is 3. The number of ether oxygens (including phenoxy) is 1. The van der Waals surface area contributed by atoms with Crippen molar-refractivity contribution in [1.82, 2.24) is 15.3 Å². The van der Waals surface area contributed by atoms with Gasteiger partial charge >= 0.3 is 0 Å². The van der Waals surface area contributed by atoms with Crippen LogP contribution in [0.3, 0.4) is 0 Å². The van der Waals surface area contributed by atoms with Crippen molar-refractivity contribution >= 4 is 28.3 Å². The molecule has 0 bridgehead atoms. The monoisotopic (exact) mass is 451 g/mol. The van der Waals surface area contributed by atoms with Crippen LogP contribution in [0, 0.1) is 18.3 Å². The Kier molecular flexibility index (Phi) is 5.94. The summed E-state index contributed by atoms with van der Waals surface area (Å²) in [6.45, 7) is 1.36. The number of aromatic nitrogens is 2. The van der Waals surface area contributed by atoms with E-state index >= 15 is 0 Å². The number of anilines is 1. The number of benzene rings is 1. The lowest BCUT2D eigenvalue weighted by molar-refractivity contribution is -0.115. The first kappa shape index (κ1) is 21.5. The molecule has 0 aliphatic carbocycles. The maximum absolute atomic E-state index is 14.7. The summed E-state index contributed by atoms with van der Waals surface area (Å²) in [4.78, 5) is 33.4. The van der Waals surface area contributed by atoms with Gasteiger partial charge in [-0.2, -0.15) is 5.26 Å². The quantitative estimate of drug-likeness (QED) is 0.616. The Hall–Kier alpha value is -3.68. The Morgan fingerprint density at radius 1 is 1.28 bits per heavy atom. The normalized spacial score (nSPS) is 17.2. The van der Waals surface area contributed by atoms with Gasteiger partial charge in [-0.05, 0) is 36.8 Å². The number of carbonyl (C=O) groups excluding carboxylic acids is 2. The van der Waals surface area contributed by atoms with E-state index < -0.39 is 24.1 Å². The van der Waals surface area contributed by atoms with Crippen molar-refractivity contribution in [2.24, 2.45) is 0 Å².